The topological polar surface area (TPSA) is 177 Å². The smallest absolute Gasteiger partial charge is 0.408 e. The summed E-state index contributed by atoms with van der Waals surface area (Å²) in [6, 6.07) is 3.02. The number of esters is 1. The Morgan fingerprint density at radius 3 is 2.21 bits per heavy atom. The van der Waals surface area contributed by atoms with Crippen molar-refractivity contribution in [2.24, 2.45) is 5.73 Å². The number of aromatic hydroxyl groups is 1. The number of rotatable bonds is 11. The van der Waals surface area contributed by atoms with Gasteiger partial charge in [0.25, 0.3) is 0 Å². The van der Waals surface area contributed by atoms with E-state index >= 15 is 0 Å². The Morgan fingerprint density at radius 1 is 1.08 bits per heavy atom. The fraction of sp³-hybridized carbons (Fsp3) is 0.577. The van der Waals surface area contributed by atoms with Crippen LogP contribution in [0.2, 0.25) is 0 Å². The van der Waals surface area contributed by atoms with Gasteiger partial charge in [-0.3, -0.25) is 19.2 Å². The molecule has 212 valence electrons. The van der Waals surface area contributed by atoms with E-state index < -0.39 is 59.4 Å². The molecule has 2 unspecified atom stereocenters. The Hall–Kier alpha value is -3.83. The van der Waals surface area contributed by atoms with Crippen LogP contribution >= 0.6 is 0 Å². The maximum Gasteiger partial charge on any atom is 0.408 e. The van der Waals surface area contributed by atoms with Crippen molar-refractivity contribution in [3.05, 3.63) is 29.8 Å². The van der Waals surface area contributed by atoms with E-state index in [9.17, 15) is 29.1 Å². The van der Waals surface area contributed by atoms with Gasteiger partial charge >= 0.3 is 12.1 Å². The van der Waals surface area contributed by atoms with E-state index in [0.717, 1.165) is 0 Å². The van der Waals surface area contributed by atoms with Gasteiger partial charge < -0.3 is 35.8 Å². The molecular formula is C26H40N4O8. The first kappa shape index (κ1) is 32.2. The molecule has 0 bridgehead atoms. The molecule has 1 aromatic carbocycles. The molecule has 0 aliphatic rings. The summed E-state index contributed by atoms with van der Waals surface area (Å²) in [7, 11) is 0. The second-order valence-electron chi connectivity index (χ2n) is 10.6. The predicted octanol–water partition coefficient (Wildman–Crippen LogP) is 1.90. The molecule has 4 amide bonds. The summed E-state index contributed by atoms with van der Waals surface area (Å²) in [6.45, 7) is 11.7. The molecular weight excluding hydrogens is 496 g/mol. The van der Waals surface area contributed by atoms with Crippen LogP contribution in [0, 0.1) is 0 Å². The van der Waals surface area contributed by atoms with Crippen LogP contribution < -0.4 is 16.4 Å². The highest BCUT2D eigenvalue weighted by atomic mass is 16.6. The first-order valence-corrected chi connectivity index (χ1v) is 12.3. The molecule has 0 heterocycles. The fourth-order valence-electron chi connectivity index (χ4n) is 3.59. The van der Waals surface area contributed by atoms with Crippen LogP contribution in [0.1, 0.15) is 72.9 Å². The van der Waals surface area contributed by atoms with E-state index in [-0.39, 0.29) is 30.9 Å². The third-order valence-electron chi connectivity index (χ3n) is 4.98. The zero-order valence-corrected chi connectivity index (χ0v) is 23.1. The van der Waals surface area contributed by atoms with Gasteiger partial charge in [-0.25, -0.2) is 4.79 Å². The fourth-order valence-corrected chi connectivity index (χ4v) is 3.59. The minimum absolute atomic E-state index is 0.0694. The standard InChI is InChI=1S/C26H40N4O8/c1-8-37-20(33)12-13-28-22(34)21(16-10-9-11-17(31)14-16)30(25(2,3)4)23(35)18(15-19(27)32)29-24(36)38-26(5,6)7/h9-11,14,18,21,31H,8,12-13,15H2,1-7H3,(H2,27,32)(H,28,34)(H,29,36). The molecule has 12 nitrogen and oxygen atoms in total. The average Bonchev–Trinajstić information content (AvgIpc) is 2.74. The van der Waals surface area contributed by atoms with Crippen LogP contribution in [0.4, 0.5) is 4.79 Å². The van der Waals surface area contributed by atoms with Gasteiger partial charge in [0, 0.05) is 12.1 Å². The van der Waals surface area contributed by atoms with E-state index in [1.54, 1.807) is 54.5 Å². The number of hydrogen-bond donors (Lipinski definition) is 4. The molecule has 12 heteroatoms. The molecule has 1 rings (SSSR count). The van der Waals surface area contributed by atoms with Crippen LogP contribution in [0.25, 0.3) is 0 Å². The Balaban J connectivity index is 3.48. The first-order chi connectivity index (χ1) is 17.5. The molecule has 0 fully saturated rings. The number of phenols is 1. The van der Waals surface area contributed by atoms with Gasteiger partial charge in [0.05, 0.1) is 19.4 Å². The monoisotopic (exact) mass is 536 g/mol. The lowest BCUT2D eigenvalue weighted by atomic mass is 9.94. The van der Waals surface area contributed by atoms with Crippen LogP contribution in [-0.4, -0.2) is 70.1 Å². The maximum atomic E-state index is 13.9. The molecule has 0 saturated carbocycles. The number of amides is 4. The molecule has 0 radical (unpaired) electrons. The summed E-state index contributed by atoms with van der Waals surface area (Å²) in [6.07, 6.45) is -1.60. The summed E-state index contributed by atoms with van der Waals surface area (Å²) >= 11 is 0. The molecule has 0 aliphatic heterocycles. The minimum Gasteiger partial charge on any atom is -0.508 e. The van der Waals surface area contributed by atoms with Crippen molar-refractivity contribution in [1.29, 1.82) is 0 Å². The van der Waals surface area contributed by atoms with Gasteiger partial charge in [-0.1, -0.05) is 12.1 Å². The summed E-state index contributed by atoms with van der Waals surface area (Å²) < 4.78 is 10.1. The van der Waals surface area contributed by atoms with Crippen LogP contribution in [0.3, 0.4) is 0 Å². The Bertz CT molecular complexity index is 1010. The minimum atomic E-state index is -1.45. The van der Waals surface area contributed by atoms with E-state index in [0.29, 0.717) is 0 Å². The Kier molecular flexibility index (Phi) is 11.6. The highest BCUT2D eigenvalue weighted by molar-refractivity contribution is 5.95. The number of nitrogens with one attached hydrogen (secondary N) is 2. The van der Waals surface area contributed by atoms with Crippen LogP contribution in [-0.2, 0) is 28.7 Å². The van der Waals surface area contributed by atoms with Gasteiger partial charge in [-0.05, 0) is 66.2 Å². The van der Waals surface area contributed by atoms with Gasteiger partial charge in [-0.2, -0.15) is 0 Å². The molecule has 0 aromatic heterocycles. The molecule has 1 aromatic rings. The van der Waals surface area contributed by atoms with Crippen molar-refractivity contribution in [3.8, 4) is 5.75 Å². The molecule has 0 aliphatic carbocycles. The van der Waals surface area contributed by atoms with Crippen molar-refractivity contribution >= 4 is 29.8 Å². The highest BCUT2D eigenvalue weighted by Crippen LogP contribution is 2.31. The number of phenolic OH excluding ortho intramolecular Hbond substituents is 1. The highest BCUT2D eigenvalue weighted by Gasteiger charge is 2.42. The summed E-state index contributed by atoms with van der Waals surface area (Å²) in [5.74, 6) is -2.95. The second kappa shape index (κ2) is 13.6. The third-order valence-corrected chi connectivity index (χ3v) is 4.98. The van der Waals surface area contributed by atoms with Crippen molar-refractivity contribution in [1.82, 2.24) is 15.5 Å². The Labute approximate surface area is 223 Å². The van der Waals surface area contributed by atoms with Gasteiger partial charge in [0.2, 0.25) is 17.7 Å². The van der Waals surface area contributed by atoms with Crippen molar-refractivity contribution < 1.29 is 38.6 Å². The predicted molar refractivity (Wildman–Crippen MR) is 139 cm³/mol. The third kappa shape index (κ3) is 10.7. The number of nitrogens with zero attached hydrogens (tertiary/aromatic N) is 1. The number of primary amides is 1. The van der Waals surface area contributed by atoms with Crippen molar-refractivity contribution in [2.45, 2.75) is 84.5 Å². The number of hydrogen-bond acceptors (Lipinski definition) is 8. The van der Waals surface area contributed by atoms with Gasteiger partial charge in [0.1, 0.15) is 23.4 Å². The van der Waals surface area contributed by atoms with Crippen LogP contribution in [0.15, 0.2) is 24.3 Å². The summed E-state index contributed by atoms with van der Waals surface area (Å²) in [5.41, 5.74) is 3.72. The molecule has 0 saturated heterocycles. The molecule has 0 spiro atoms. The number of ether oxygens (including phenoxy) is 2. The zero-order chi connectivity index (χ0) is 29.3. The Morgan fingerprint density at radius 2 is 1.71 bits per heavy atom. The number of nitrogens with two attached hydrogens (primary N) is 1. The lowest BCUT2D eigenvalue weighted by Crippen LogP contribution is -2.59. The van der Waals surface area contributed by atoms with Gasteiger partial charge in [-0.15, -0.1) is 0 Å². The van der Waals surface area contributed by atoms with Crippen LogP contribution in [0.5, 0.6) is 5.75 Å². The second-order valence-corrected chi connectivity index (χ2v) is 10.6. The SMILES string of the molecule is CCOC(=O)CCNC(=O)C(c1cccc(O)c1)N(C(=O)C(CC(N)=O)NC(=O)OC(C)(C)C)C(C)(C)C. The molecule has 5 N–H and O–H groups in total. The zero-order valence-electron chi connectivity index (χ0n) is 23.1. The van der Waals surface area contributed by atoms with Gasteiger partial charge in [0.15, 0.2) is 0 Å². The largest absolute Gasteiger partial charge is 0.508 e. The number of alkyl carbamates (subject to hydrolysis) is 1. The first-order valence-electron chi connectivity index (χ1n) is 12.3. The maximum absolute atomic E-state index is 13.9. The van der Waals surface area contributed by atoms with E-state index in [2.05, 4.69) is 10.6 Å². The quantitative estimate of drug-likeness (QED) is 0.310. The van der Waals surface area contributed by atoms with Crippen molar-refractivity contribution in [2.75, 3.05) is 13.2 Å². The lowest BCUT2D eigenvalue weighted by Gasteiger charge is -2.43. The number of carbonyl (C=O) groups excluding carboxylic acids is 5. The average molecular weight is 537 g/mol. The molecule has 2 atom stereocenters. The van der Waals surface area contributed by atoms with E-state index in [1.807, 2.05) is 0 Å². The number of carbonyl (C=O) groups is 5. The summed E-state index contributed by atoms with van der Waals surface area (Å²) in [5, 5.41) is 15.1. The summed E-state index contributed by atoms with van der Waals surface area (Å²) in [4.78, 5) is 64.7. The number of benzene rings is 1. The lowest BCUT2D eigenvalue weighted by molar-refractivity contribution is -0.149. The van der Waals surface area contributed by atoms with E-state index in [1.165, 1.54) is 23.1 Å². The normalized spacial score (nSPS) is 13.0. The van der Waals surface area contributed by atoms with E-state index in [4.69, 9.17) is 15.2 Å². The van der Waals surface area contributed by atoms with Crippen molar-refractivity contribution in [3.63, 3.8) is 0 Å². The molecule has 38 heavy (non-hydrogen) atoms.